The van der Waals surface area contributed by atoms with Gasteiger partial charge >= 0.3 is 5.97 Å². The lowest BCUT2D eigenvalue weighted by Gasteiger charge is -2.61. The minimum absolute atomic E-state index is 0.0479. The highest BCUT2D eigenvalue weighted by Crippen LogP contribution is 2.61. The Bertz CT molecular complexity index is 592. The maximum atomic E-state index is 12.5. The van der Waals surface area contributed by atoms with Crippen LogP contribution in [0.5, 0.6) is 0 Å². The van der Waals surface area contributed by atoms with Crippen molar-refractivity contribution in [3.63, 3.8) is 0 Å². The number of hydrogen-bond donors (Lipinski definition) is 0. The fourth-order valence-electron chi connectivity index (χ4n) is 5.06. The first kappa shape index (κ1) is 18.2. The summed E-state index contributed by atoms with van der Waals surface area (Å²) < 4.78 is 31.2. The average molecular weight is 358 g/mol. The predicted octanol–water partition coefficient (Wildman–Crippen LogP) is 2.66. The van der Waals surface area contributed by atoms with Gasteiger partial charge in [0.05, 0.1) is 11.7 Å². The molecule has 4 atom stereocenters. The van der Waals surface area contributed by atoms with Crippen molar-refractivity contribution in [1.82, 2.24) is 4.31 Å². The topological polar surface area (TPSA) is 63.7 Å². The molecule has 3 aliphatic carbocycles. The van der Waals surface area contributed by atoms with E-state index in [1.54, 1.807) is 6.92 Å². The minimum atomic E-state index is -3.14. The molecular formula is C18H31NO4S. The van der Waals surface area contributed by atoms with E-state index in [0.717, 1.165) is 6.42 Å². The van der Waals surface area contributed by atoms with Crippen molar-refractivity contribution in [2.75, 3.05) is 18.8 Å². The Hall–Kier alpha value is -0.620. The smallest absolute Gasteiger partial charge is 0.309 e. The van der Waals surface area contributed by atoms with Crippen molar-refractivity contribution in [1.29, 1.82) is 0 Å². The van der Waals surface area contributed by atoms with Crippen LogP contribution in [0.3, 0.4) is 0 Å². The Morgan fingerprint density at radius 3 is 2.33 bits per heavy atom. The highest BCUT2D eigenvalue weighted by molar-refractivity contribution is 7.89. The summed E-state index contributed by atoms with van der Waals surface area (Å²) in [6.07, 6.45) is 3.47. The Balaban J connectivity index is 1.52. The van der Waals surface area contributed by atoms with E-state index in [-0.39, 0.29) is 23.7 Å². The Morgan fingerprint density at radius 1 is 1.21 bits per heavy atom. The van der Waals surface area contributed by atoms with Crippen LogP contribution in [0.25, 0.3) is 0 Å². The minimum Gasteiger partial charge on any atom is -0.462 e. The van der Waals surface area contributed by atoms with Gasteiger partial charge in [-0.1, -0.05) is 20.8 Å². The van der Waals surface area contributed by atoms with Gasteiger partial charge in [0.25, 0.3) is 0 Å². The SMILES string of the molecule is CCS(=O)(=O)N1CCC(C(=O)OC2CC3CC(C2C)C3(C)C)CC1. The van der Waals surface area contributed by atoms with Gasteiger partial charge in [-0.3, -0.25) is 4.79 Å². The molecule has 0 N–H and O–H groups in total. The lowest BCUT2D eigenvalue weighted by atomic mass is 9.45. The van der Waals surface area contributed by atoms with E-state index in [0.29, 0.717) is 49.1 Å². The number of carbonyl (C=O) groups excluding carboxylic acids is 1. The summed E-state index contributed by atoms with van der Waals surface area (Å²) >= 11 is 0. The second-order valence-electron chi connectivity index (χ2n) is 8.50. The lowest BCUT2D eigenvalue weighted by Crippen LogP contribution is -2.57. The van der Waals surface area contributed by atoms with E-state index in [9.17, 15) is 13.2 Å². The van der Waals surface area contributed by atoms with E-state index < -0.39 is 10.0 Å². The summed E-state index contributed by atoms with van der Waals surface area (Å²) in [5, 5.41) is 0. The number of esters is 1. The third-order valence-electron chi connectivity index (χ3n) is 7.10. The average Bonchev–Trinajstić information content (AvgIpc) is 2.56. The third kappa shape index (κ3) is 3.00. The molecule has 4 fully saturated rings. The van der Waals surface area contributed by atoms with Crippen molar-refractivity contribution >= 4 is 16.0 Å². The Labute approximate surface area is 146 Å². The standard InChI is InChI=1S/C18H31NO4S/c1-5-24(21,22)19-8-6-13(7-9-19)17(20)23-16-11-14-10-15(12(16)2)18(14,3)4/h12-16H,5-11H2,1-4H3. The van der Waals surface area contributed by atoms with Gasteiger partial charge in [-0.05, 0) is 55.8 Å². The van der Waals surface area contributed by atoms with Crippen LogP contribution in [0.4, 0.5) is 0 Å². The first-order valence-corrected chi connectivity index (χ1v) is 11.0. The van der Waals surface area contributed by atoms with Crippen LogP contribution in [0.1, 0.15) is 53.4 Å². The van der Waals surface area contributed by atoms with Gasteiger partial charge in [0.1, 0.15) is 6.10 Å². The van der Waals surface area contributed by atoms with Crippen LogP contribution in [-0.2, 0) is 19.6 Å². The number of nitrogens with zero attached hydrogens (tertiary/aromatic N) is 1. The molecule has 2 bridgehead atoms. The highest BCUT2D eigenvalue weighted by Gasteiger charge is 2.57. The third-order valence-corrected chi connectivity index (χ3v) is 8.98. The largest absolute Gasteiger partial charge is 0.462 e. The molecule has 0 aromatic heterocycles. The zero-order chi connectivity index (χ0) is 17.7. The fourth-order valence-corrected chi connectivity index (χ4v) is 6.19. The van der Waals surface area contributed by atoms with E-state index in [1.807, 2.05) is 0 Å². The Morgan fingerprint density at radius 2 is 1.83 bits per heavy atom. The molecule has 0 spiro atoms. The predicted molar refractivity (Wildman–Crippen MR) is 92.8 cm³/mol. The number of carbonyl (C=O) groups is 1. The normalized spacial score (nSPS) is 36.8. The number of rotatable bonds is 4. The summed E-state index contributed by atoms with van der Waals surface area (Å²) in [7, 11) is -3.14. The molecule has 1 aliphatic heterocycles. The van der Waals surface area contributed by atoms with E-state index in [1.165, 1.54) is 10.7 Å². The molecule has 4 rings (SSSR count). The summed E-state index contributed by atoms with van der Waals surface area (Å²) in [5.41, 5.74) is 0.391. The first-order chi connectivity index (χ1) is 11.2. The zero-order valence-electron chi connectivity index (χ0n) is 15.3. The van der Waals surface area contributed by atoms with Crippen molar-refractivity contribution in [3.8, 4) is 0 Å². The molecule has 0 aromatic rings. The van der Waals surface area contributed by atoms with Gasteiger partial charge < -0.3 is 4.74 Å². The van der Waals surface area contributed by atoms with Crippen LogP contribution < -0.4 is 0 Å². The first-order valence-electron chi connectivity index (χ1n) is 9.35. The second-order valence-corrected chi connectivity index (χ2v) is 10.8. The molecule has 1 heterocycles. The molecule has 3 saturated carbocycles. The molecule has 0 aromatic carbocycles. The maximum Gasteiger partial charge on any atom is 0.309 e. The number of fused-ring (bicyclic) bond motifs is 2. The molecule has 4 aliphatic rings. The zero-order valence-corrected chi connectivity index (χ0v) is 16.1. The number of sulfonamides is 1. The van der Waals surface area contributed by atoms with Crippen LogP contribution in [0, 0.1) is 29.1 Å². The van der Waals surface area contributed by atoms with Crippen LogP contribution in [0.2, 0.25) is 0 Å². The summed E-state index contributed by atoms with van der Waals surface area (Å²) in [6, 6.07) is 0. The van der Waals surface area contributed by atoms with Gasteiger partial charge in [0.15, 0.2) is 0 Å². The molecule has 0 amide bonds. The van der Waals surface area contributed by atoms with Crippen molar-refractivity contribution < 1.29 is 17.9 Å². The van der Waals surface area contributed by atoms with Gasteiger partial charge in [-0.25, -0.2) is 12.7 Å². The van der Waals surface area contributed by atoms with E-state index in [4.69, 9.17) is 4.74 Å². The quantitative estimate of drug-likeness (QED) is 0.726. The molecule has 1 saturated heterocycles. The molecule has 138 valence electrons. The number of piperidine rings is 1. The summed E-state index contributed by atoms with van der Waals surface area (Å²) in [5.74, 6) is 1.62. The fraction of sp³-hybridized carbons (Fsp3) is 0.944. The highest BCUT2D eigenvalue weighted by atomic mass is 32.2. The molecule has 4 unspecified atom stereocenters. The van der Waals surface area contributed by atoms with Crippen molar-refractivity contribution in [2.45, 2.75) is 59.5 Å². The van der Waals surface area contributed by atoms with Gasteiger partial charge in [0.2, 0.25) is 10.0 Å². The van der Waals surface area contributed by atoms with Crippen molar-refractivity contribution in [2.24, 2.45) is 29.1 Å². The molecule has 5 nitrogen and oxygen atoms in total. The van der Waals surface area contributed by atoms with Gasteiger partial charge in [-0.15, -0.1) is 0 Å². The maximum absolute atomic E-state index is 12.5. The van der Waals surface area contributed by atoms with Crippen LogP contribution >= 0.6 is 0 Å². The summed E-state index contributed by atoms with van der Waals surface area (Å²) in [6.45, 7) is 9.43. The number of hydrogen-bond acceptors (Lipinski definition) is 4. The lowest BCUT2D eigenvalue weighted by molar-refractivity contribution is -0.190. The van der Waals surface area contributed by atoms with Crippen LogP contribution in [0.15, 0.2) is 0 Å². The van der Waals surface area contributed by atoms with Crippen molar-refractivity contribution in [3.05, 3.63) is 0 Å². The monoisotopic (exact) mass is 357 g/mol. The Kier molecular flexibility index (Phi) is 4.75. The van der Waals surface area contributed by atoms with Crippen LogP contribution in [-0.4, -0.2) is 43.6 Å². The van der Waals surface area contributed by atoms with E-state index in [2.05, 4.69) is 20.8 Å². The van der Waals surface area contributed by atoms with Gasteiger partial charge in [-0.2, -0.15) is 0 Å². The van der Waals surface area contributed by atoms with E-state index >= 15 is 0 Å². The molecule has 24 heavy (non-hydrogen) atoms. The molecule has 6 heteroatoms. The van der Waals surface area contributed by atoms with Gasteiger partial charge in [0, 0.05) is 13.1 Å². The molecular weight excluding hydrogens is 326 g/mol. The number of ether oxygens (including phenoxy) is 1. The molecule has 0 radical (unpaired) electrons. The second kappa shape index (κ2) is 6.27. The summed E-state index contributed by atoms with van der Waals surface area (Å²) in [4.78, 5) is 12.5.